The predicted molar refractivity (Wildman–Crippen MR) is 60.1 cm³/mol. The Kier molecular flexibility index (Phi) is 2.83. The molecule has 1 heterocycles. The normalized spacial score (nSPS) is 10.6. The van der Waals surface area contributed by atoms with E-state index in [2.05, 4.69) is 26.1 Å². The Balaban J connectivity index is 2.49. The maximum atomic E-state index is 5.40. The lowest BCUT2D eigenvalue weighted by Crippen LogP contribution is -1.95. The molecule has 0 aliphatic heterocycles. The first-order chi connectivity index (χ1) is 7.22. The Hall–Kier alpha value is -1.20. The van der Waals surface area contributed by atoms with E-state index in [0.717, 1.165) is 15.6 Å². The summed E-state index contributed by atoms with van der Waals surface area (Å²) in [7, 11) is 0. The van der Waals surface area contributed by atoms with Crippen LogP contribution in [-0.4, -0.2) is 10.1 Å². The fourth-order valence-corrected chi connectivity index (χ4v) is 1.66. The van der Waals surface area contributed by atoms with Crippen molar-refractivity contribution in [1.82, 2.24) is 10.1 Å². The molecule has 0 aliphatic carbocycles. The average Bonchev–Trinajstić information content (AvgIpc) is 2.70. The molecule has 5 heteroatoms. The van der Waals surface area contributed by atoms with Crippen LogP contribution < -0.4 is 5.73 Å². The van der Waals surface area contributed by atoms with Crippen molar-refractivity contribution in [2.45, 2.75) is 13.5 Å². The summed E-state index contributed by atoms with van der Waals surface area (Å²) >= 11 is 3.46. The largest absolute Gasteiger partial charge is 0.338 e. The van der Waals surface area contributed by atoms with Gasteiger partial charge in [0, 0.05) is 10.0 Å². The van der Waals surface area contributed by atoms with E-state index in [1.54, 1.807) is 0 Å². The van der Waals surface area contributed by atoms with Crippen molar-refractivity contribution in [2.75, 3.05) is 0 Å². The maximum Gasteiger partial charge on any atom is 0.240 e. The van der Waals surface area contributed by atoms with Gasteiger partial charge in [-0.1, -0.05) is 33.2 Å². The number of benzene rings is 1. The lowest BCUT2D eigenvalue weighted by atomic mass is 10.1. The second-order valence-corrected chi connectivity index (χ2v) is 3.98. The van der Waals surface area contributed by atoms with Crippen molar-refractivity contribution in [2.24, 2.45) is 5.73 Å². The molecule has 0 spiro atoms. The van der Waals surface area contributed by atoms with Crippen LogP contribution in [-0.2, 0) is 6.54 Å². The molecule has 0 saturated carbocycles. The third kappa shape index (κ3) is 1.93. The lowest BCUT2D eigenvalue weighted by molar-refractivity contribution is 0.380. The maximum absolute atomic E-state index is 5.40. The van der Waals surface area contributed by atoms with Crippen LogP contribution in [0, 0.1) is 6.92 Å². The number of rotatable bonds is 2. The molecule has 0 amide bonds. The fourth-order valence-electron chi connectivity index (χ4n) is 1.30. The molecule has 0 fully saturated rings. The summed E-state index contributed by atoms with van der Waals surface area (Å²) in [6.07, 6.45) is 0. The Morgan fingerprint density at radius 1 is 1.47 bits per heavy atom. The third-order valence-electron chi connectivity index (χ3n) is 2.15. The second kappa shape index (κ2) is 4.12. The minimum absolute atomic E-state index is 0.264. The van der Waals surface area contributed by atoms with Gasteiger partial charge in [0.2, 0.25) is 11.7 Å². The van der Waals surface area contributed by atoms with Crippen molar-refractivity contribution in [1.29, 1.82) is 0 Å². The van der Waals surface area contributed by atoms with E-state index in [1.807, 2.05) is 25.1 Å². The number of nitrogens with two attached hydrogens (primary N) is 1. The second-order valence-electron chi connectivity index (χ2n) is 3.13. The SMILES string of the molecule is Cc1c(Br)cccc1-c1noc(CN)n1. The van der Waals surface area contributed by atoms with Crippen LogP contribution in [0.4, 0.5) is 0 Å². The van der Waals surface area contributed by atoms with E-state index in [-0.39, 0.29) is 6.54 Å². The summed E-state index contributed by atoms with van der Waals surface area (Å²) < 4.78 is 5.99. The molecule has 0 bridgehead atoms. The van der Waals surface area contributed by atoms with E-state index in [9.17, 15) is 0 Å². The number of aromatic nitrogens is 2. The molecule has 78 valence electrons. The predicted octanol–water partition coefficient (Wildman–Crippen LogP) is 2.27. The zero-order valence-corrected chi connectivity index (χ0v) is 9.78. The first-order valence-electron chi connectivity index (χ1n) is 4.50. The minimum atomic E-state index is 0.264. The molecule has 0 unspecified atom stereocenters. The quantitative estimate of drug-likeness (QED) is 0.907. The third-order valence-corrected chi connectivity index (χ3v) is 3.01. The fraction of sp³-hybridized carbons (Fsp3) is 0.200. The van der Waals surface area contributed by atoms with E-state index in [4.69, 9.17) is 10.3 Å². The highest BCUT2D eigenvalue weighted by atomic mass is 79.9. The molecule has 15 heavy (non-hydrogen) atoms. The van der Waals surface area contributed by atoms with Crippen molar-refractivity contribution in [3.63, 3.8) is 0 Å². The first kappa shape index (κ1) is 10.3. The summed E-state index contributed by atoms with van der Waals surface area (Å²) in [6.45, 7) is 2.26. The molecule has 1 aromatic carbocycles. The molecular weight excluding hydrogens is 258 g/mol. The van der Waals surface area contributed by atoms with Crippen LogP contribution in [0.25, 0.3) is 11.4 Å². The van der Waals surface area contributed by atoms with Gasteiger partial charge in [0.1, 0.15) is 0 Å². The van der Waals surface area contributed by atoms with Crippen LogP contribution in [0.15, 0.2) is 27.2 Å². The monoisotopic (exact) mass is 267 g/mol. The molecule has 4 nitrogen and oxygen atoms in total. The Bertz CT molecular complexity index is 481. The summed E-state index contributed by atoms with van der Waals surface area (Å²) in [5.74, 6) is 1.03. The van der Waals surface area contributed by atoms with Crippen molar-refractivity contribution in [3.8, 4) is 11.4 Å². The van der Waals surface area contributed by atoms with E-state index < -0.39 is 0 Å². The summed E-state index contributed by atoms with van der Waals surface area (Å²) in [6, 6.07) is 5.86. The van der Waals surface area contributed by atoms with Gasteiger partial charge in [-0.05, 0) is 18.6 Å². The van der Waals surface area contributed by atoms with Gasteiger partial charge in [0.15, 0.2) is 0 Å². The van der Waals surface area contributed by atoms with Gasteiger partial charge >= 0.3 is 0 Å². The van der Waals surface area contributed by atoms with Crippen LogP contribution in [0.3, 0.4) is 0 Å². The van der Waals surface area contributed by atoms with Gasteiger partial charge in [0.05, 0.1) is 6.54 Å². The van der Waals surface area contributed by atoms with Crippen molar-refractivity contribution >= 4 is 15.9 Å². The van der Waals surface area contributed by atoms with Crippen molar-refractivity contribution < 1.29 is 4.52 Å². The highest BCUT2D eigenvalue weighted by Crippen LogP contribution is 2.26. The minimum Gasteiger partial charge on any atom is -0.338 e. The zero-order valence-electron chi connectivity index (χ0n) is 8.20. The van der Waals surface area contributed by atoms with Crippen LogP contribution in [0.1, 0.15) is 11.5 Å². The molecule has 0 radical (unpaired) electrons. The van der Waals surface area contributed by atoms with Gasteiger partial charge in [-0.15, -0.1) is 0 Å². The Morgan fingerprint density at radius 3 is 2.93 bits per heavy atom. The van der Waals surface area contributed by atoms with Gasteiger partial charge in [-0.25, -0.2) is 0 Å². The Labute approximate surface area is 95.6 Å². The van der Waals surface area contributed by atoms with E-state index >= 15 is 0 Å². The summed E-state index contributed by atoms with van der Waals surface area (Å²) in [5, 5.41) is 3.87. The van der Waals surface area contributed by atoms with Crippen LogP contribution >= 0.6 is 15.9 Å². The topological polar surface area (TPSA) is 64.9 Å². The van der Waals surface area contributed by atoms with Gasteiger partial charge in [-0.3, -0.25) is 0 Å². The highest BCUT2D eigenvalue weighted by molar-refractivity contribution is 9.10. The van der Waals surface area contributed by atoms with E-state index in [1.165, 1.54) is 0 Å². The summed E-state index contributed by atoms with van der Waals surface area (Å²) in [5.41, 5.74) is 7.44. The number of hydrogen-bond acceptors (Lipinski definition) is 4. The number of nitrogens with zero attached hydrogens (tertiary/aromatic N) is 2. The number of halogens is 1. The smallest absolute Gasteiger partial charge is 0.240 e. The average molecular weight is 268 g/mol. The molecule has 2 aromatic rings. The first-order valence-corrected chi connectivity index (χ1v) is 5.30. The highest BCUT2D eigenvalue weighted by Gasteiger charge is 2.10. The zero-order chi connectivity index (χ0) is 10.8. The Morgan fingerprint density at radius 2 is 2.27 bits per heavy atom. The van der Waals surface area contributed by atoms with Gasteiger partial charge in [-0.2, -0.15) is 4.98 Å². The summed E-state index contributed by atoms with van der Waals surface area (Å²) in [4.78, 5) is 4.18. The standard InChI is InChI=1S/C10H10BrN3O/c1-6-7(3-2-4-8(6)11)10-13-9(5-12)15-14-10/h2-4H,5,12H2,1H3. The molecule has 0 aliphatic rings. The molecular formula is C10H10BrN3O. The molecule has 2 rings (SSSR count). The molecule has 1 aromatic heterocycles. The molecule has 2 N–H and O–H groups in total. The molecule has 0 saturated heterocycles. The van der Waals surface area contributed by atoms with Crippen LogP contribution in [0.2, 0.25) is 0 Å². The van der Waals surface area contributed by atoms with E-state index in [0.29, 0.717) is 11.7 Å². The van der Waals surface area contributed by atoms with Gasteiger partial charge < -0.3 is 10.3 Å². The lowest BCUT2D eigenvalue weighted by Gasteiger charge is -2.01. The number of hydrogen-bond donors (Lipinski definition) is 1. The molecule has 0 atom stereocenters. The van der Waals surface area contributed by atoms with Crippen molar-refractivity contribution in [3.05, 3.63) is 34.1 Å². The van der Waals surface area contributed by atoms with Crippen LogP contribution in [0.5, 0.6) is 0 Å². The van der Waals surface area contributed by atoms with Gasteiger partial charge in [0.25, 0.3) is 0 Å².